The van der Waals surface area contributed by atoms with Crippen LogP contribution in [-0.4, -0.2) is 30.5 Å². The summed E-state index contributed by atoms with van der Waals surface area (Å²) in [7, 11) is 0. The van der Waals surface area contributed by atoms with Crippen molar-refractivity contribution in [2.45, 2.75) is 25.5 Å². The highest BCUT2D eigenvalue weighted by Gasteiger charge is 2.27. The molecule has 0 bridgehead atoms. The first-order valence-corrected chi connectivity index (χ1v) is 8.40. The molecule has 1 amide bonds. The van der Waals surface area contributed by atoms with E-state index in [1.807, 2.05) is 47.4 Å². The second-order valence-corrected chi connectivity index (χ2v) is 6.28. The van der Waals surface area contributed by atoms with Crippen molar-refractivity contribution >= 4 is 5.91 Å². The fourth-order valence-electron chi connectivity index (χ4n) is 3.15. The van der Waals surface area contributed by atoms with E-state index in [9.17, 15) is 4.79 Å². The molecule has 1 aliphatic heterocycles. The number of rotatable bonds is 4. The van der Waals surface area contributed by atoms with Crippen molar-refractivity contribution in [1.29, 1.82) is 0 Å². The molecule has 1 aliphatic rings. The fourth-order valence-corrected chi connectivity index (χ4v) is 3.15. The predicted molar refractivity (Wildman–Crippen MR) is 94.4 cm³/mol. The second-order valence-electron chi connectivity index (χ2n) is 6.28. The van der Waals surface area contributed by atoms with E-state index in [2.05, 4.69) is 19.1 Å². The van der Waals surface area contributed by atoms with Crippen molar-refractivity contribution in [3.8, 4) is 0 Å². The van der Waals surface area contributed by atoms with E-state index in [4.69, 9.17) is 10.5 Å². The van der Waals surface area contributed by atoms with E-state index < -0.39 is 0 Å². The highest BCUT2D eigenvalue weighted by atomic mass is 16.5. The minimum Gasteiger partial charge on any atom is -0.370 e. The lowest BCUT2D eigenvalue weighted by molar-refractivity contribution is -0.139. The van der Waals surface area contributed by atoms with Crippen LogP contribution in [-0.2, 0) is 9.53 Å². The van der Waals surface area contributed by atoms with Gasteiger partial charge in [0.05, 0.1) is 13.2 Å². The van der Waals surface area contributed by atoms with Crippen LogP contribution in [0.4, 0.5) is 0 Å². The van der Waals surface area contributed by atoms with Crippen molar-refractivity contribution in [2.75, 3.05) is 19.7 Å². The van der Waals surface area contributed by atoms with Crippen LogP contribution in [0.1, 0.15) is 35.3 Å². The van der Waals surface area contributed by atoms with Crippen LogP contribution in [0.5, 0.6) is 0 Å². The molecular formula is C20H24N2O2. The van der Waals surface area contributed by atoms with Gasteiger partial charge in [0, 0.05) is 19.0 Å². The molecule has 0 aliphatic carbocycles. The molecule has 2 atom stereocenters. The molecule has 4 heteroatoms. The molecule has 0 unspecified atom stereocenters. The highest BCUT2D eigenvalue weighted by Crippen LogP contribution is 2.26. The fraction of sp³-hybridized carbons (Fsp3) is 0.350. The van der Waals surface area contributed by atoms with Crippen LogP contribution in [0, 0.1) is 6.92 Å². The van der Waals surface area contributed by atoms with Crippen molar-refractivity contribution in [3.05, 3.63) is 71.3 Å². The molecule has 0 spiro atoms. The van der Waals surface area contributed by atoms with Crippen molar-refractivity contribution in [1.82, 2.24) is 4.90 Å². The first kappa shape index (κ1) is 16.7. The van der Waals surface area contributed by atoms with Crippen LogP contribution < -0.4 is 5.73 Å². The van der Waals surface area contributed by atoms with Gasteiger partial charge in [0.1, 0.15) is 6.10 Å². The van der Waals surface area contributed by atoms with Gasteiger partial charge >= 0.3 is 0 Å². The summed E-state index contributed by atoms with van der Waals surface area (Å²) < 4.78 is 5.89. The lowest BCUT2D eigenvalue weighted by Gasteiger charge is -2.34. The van der Waals surface area contributed by atoms with E-state index in [0.717, 1.165) is 11.1 Å². The molecule has 1 fully saturated rings. The van der Waals surface area contributed by atoms with Crippen LogP contribution >= 0.6 is 0 Å². The number of nitrogens with two attached hydrogens (primary N) is 1. The molecular weight excluding hydrogens is 300 g/mol. The molecule has 2 aromatic carbocycles. The molecule has 2 aromatic rings. The maximum atomic E-state index is 12.6. The Kier molecular flexibility index (Phi) is 5.28. The summed E-state index contributed by atoms with van der Waals surface area (Å²) in [5.74, 6) is 0.0910. The van der Waals surface area contributed by atoms with Gasteiger partial charge in [-0.2, -0.15) is 0 Å². The van der Waals surface area contributed by atoms with Crippen LogP contribution in [0.2, 0.25) is 0 Å². The van der Waals surface area contributed by atoms with Gasteiger partial charge in [0.15, 0.2) is 0 Å². The third-order valence-corrected chi connectivity index (χ3v) is 4.58. The maximum absolute atomic E-state index is 12.6. The van der Waals surface area contributed by atoms with E-state index in [0.29, 0.717) is 26.1 Å². The number of aryl methyl sites for hydroxylation is 1. The standard InChI is InChI=1S/C20H24N2O2/c1-15-7-5-6-10-17(15)19-14-22(11-12-24-19)20(23)13-18(21)16-8-3-2-4-9-16/h2-10,18-19H,11-14,21H2,1H3/t18-,19-/m0/s1. The third-order valence-electron chi connectivity index (χ3n) is 4.58. The van der Waals surface area contributed by atoms with Crippen LogP contribution in [0.25, 0.3) is 0 Å². The Morgan fingerprint density at radius 1 is 1.21 bits per heavy atom. The number of carbonyl (C=O) groups excluding carboxylic acids is 1. The SMILES string of the molecule is Cc1ccccc1[C@@H]1CN(C(=O)C[C@H](N)c2ccccc2)CCO1. The number of amides is 1. The number of hydrogen-bond acceptors (Lipinski definition) is 3. The van der Waals surface area contributed by atoms with Crippen molar-refractivity contribution < 1.29 is 9.53 Å². The van der Waals surface area contributed by atoms with Crippen molar-refractivity contribution in [3.63, 3.8) is 0 Å². The Hall–Kier alpha value is -2.17. The Labute approximate surface area is 143 Å². The van der Waals surface area contributed by atoms with E-state index >= 15 is 0 Å². The minimum absolute atomic E-state index is 0.0585. The molecule has 0 saturated carbocycles. The normalized spacial score (nSPS) is 19.1. The number of ether oxygens (including phenoxy) is 1. The Bertz CT molecular complexity index is 687. The molecule has 1 heterocycles. The average Bonchev–Trinajstić information content (AvgIpc) is 2.63. The van der Waals surface area contributed by atoms with Gasteiger partial charge < -0.3 is 15.4 Å². The van der Waals surface area contributed by atoms with Gasteiger partial charge in [-0.3, -0.25) is 4.79 Å². The molecule has 4 nitrogen and oxygen atoms in total. The zero-order valence-corrected chi connectivity index (χ0v) is 14.0. The van der Waals surface area contributed by atoms with Crippen molar-refractivity contribution in [2.24, 2.45) is 5.73 Å². The van der Waals surface area contributed by atoms with E-state index in [1.165, 1.54) is 5.56 Å². The first-order chi connectivity index (χ1) is 11.6. The van der Waals surface area contributed by atoms with Gasteiger partial charge in [-0.25, -0.2) is 0 Å². The number of carbonyl (C=O) groups is 1. The smallest absolute Gasteiger partial charge is 0.224 e. The Morgan fingerprint density at radius 2 is 1.92 bits per heavy atom. The van der Waals surface area contributed by atoms with Crippen LogP contribution in [0.3, 0.4) is 0 Å². The zero-order valence-electron chi connectivity index (χ0n) is 14.0. The molecule has 0 radical (unpaired) electrons. The van der Waals surface area contributed by atoms with E-state index in [1.54, 1.807) is 0 Å². The summed E-state index contributed by atoms with van der Waals surface area (Å²) in [5, 5.41) is 0. The van der Waals surface area contributed by atoms with Gasteiger partial charge in [-0.1, -0.05) is 54.6 Å². The highest BCUT2D eigenvalue weighted by molar-refractivity contribution is 5.77. The monoisotopic (exact) mass is 324 g/mol. The Balaban J connectivity index is 1.64. The number of morpholine rings is 1. The average molecular weight is 324 g/mol. The van der Waals surface area contributed by atoms with Gasteiger partial charge in [-0.15, -0.1) is 0 Å². The number of hydrogen-bond donors (Lipinski definition) is 1. The Morgan fingerprint density at radius 3 is 2.67 bits per heavy atom. The second kappa shape index (κ2) is 7.60. The zero-order chi connectivity index (χ0) is 16.9. The maximum Gasteiger partial charge on any atom is 0.224 e. The molecule has 0 aromatic heterocycles. The lowest BCUT2D eigenvalue weighted by atomic mass is 10.0. The number of benzene rings is 2. The summed E-state index contributed by atoms with van der Waals surface area (Å²) >= 11 is 0. The summed E-state index contributed by atoms with van der Waals surface area (Å²) in [4.78, 5) is 14.5. The topological polar surface area (TPSA) is 55.6 Å². The molecule has 2 N–H and O–H groups in total. The third kappa shape index (κ3) is 3.83. The lowest BCUT2D eigenvalue weighted by Crippen LogP contribution is -2.43. The summed E-state index contributed by atoms with van der Waals surface area (Å²) in [6, 6.07) is 17.7. The number of nitrogens with zero attached hydrogens (tertiary/aromatic N) is 1. The summed E-state index contributed by atoms with van der Waals surface area (Å²) in [5.41, 5.74) is 9.54. The quantitative estimate of drug-likeness (QED) is 0.940. The van der Waals surface area contributed by atoms with Gasteiger partial charge in [0.25, 0.3) is 0 Å². The summed E-state index contributed by atoms with van der Waals surface area (Å²) in [6.45, 7) is 3.85. The predicted octanol–water partition coefficient (Wildman–Crippen LogP) is 2.99. The first-order valence-electron chi connectivity index (χ1n) is 8.40. The minimum atomic E-state index is -0.265. The molecule has 126 valence electrons. The largest absolute Gasteiger partial charge is 0.370 e. The summed E-state index contributed by atoms with van der Waals surface area (Å²) in [6.07, 6.45) is 0.265. The van der Waals surface area contributed by atoms with Gasteiger partial charge in [0.2, 0.25) is 5.91 Å². The van der Waals surface area contributed by atoms with Gasteiger partial charge in [-0.05, 0) is 23.6 Å². The molecule has 1 saturated heterocycles. The van der Waals surface area contributed by atoms with Crippen LogP contribution in [0.15, 0.2) is 54.6 Å². The van der Waals surface area contributed by atoms with E-state index in [-0.39, 0.29) is 18.1 Å². The molecule has 24 heavy (non-hydrogen) atoms. The molecule has 3 rings (SSSR count).